The second kappa shape index (κ2) is 18.2. The van der Waals surface area contributed by atoms with E-state index in [2.05, 4.69) is 18.8 Å². The second-order valence-electron chi connectivity index (χ2n) is 16.6. The average molecular weight is 865 g/mol. The Morgan fingerprint density at radius 3 is 2.51 bits per heavy atom. The molecule has 2 aromatic carbocycles. The number of benzene rings is 2. The normalized spacial score (nSPS) is 24.2. The Labute approximate surface area is 350 Å². The van der Waals surface area contributed by atoms with Crippen molar-refractivity contribution in [2.45, 2.75) is 94.7 Å². The van der Waals surface area contributed by atoms with Gasteiger partial charge in [0.15, 0.2) is 5.75 Å². The van der Waals surface area contributed by atoms with Gasteiger partial charge in [0.25, 0.3) is 0 Å². The molecule has 322 valence electrons. The van der Waals surface area contributed by atoms with Gasteiger partial charge in [-0.2, -0.15) is 22.2 Å². The van der Waals surface area contributed by atoms with E-state index in [0.717, 1.165) is 59.4 Å². The minimum atomic E-state index is -5.31. The zero-order valence-electron chi connectivity index (χ0n) is 34.5. The first-order valence-electron chi connectivity index (χ1n) is 20.2. The van der Waals surface area contributed by atoms with E-state index < -0.39 is 37.2 Å². The lowest BCUT2D eigenvalue weighted by molar-refractivity contribution is -0.858. The summed E-state index contributed by atoms with van der Waals surface area (Å²) < 4.78 is 71.9. The second-order valence-corrected chi connectivity index (χ2v) is 18.8. The Morgan fingerprint density at radius 1 is 1.10 bits per heavy atom. The van der Waals surface area contributed by atoms with Crippen molar-refractivity contribution in [2.75, 3.05) is 53.0 Å². The minimum absolute atomic E-state index is 0.0428. The lowest BCUT2D eigenvalue weighted by Gasteiger charge is -2.51. The number of methoxy groups -OCH3 is 1. The number of amides is 1. The van der Waals surface area contributed by atoms with Crippen LogP contribution in [0.4, 0.5) is 18.9 Å². The summed E-state index contributed by atoms with van der Waals surface area (Å²) in [6.45, 7) is 5.43. The molecule has 4 atom stereocenters. The number of phosphoric acid groups is 1. The Bertz CT molecular complexity index is 1980. The summed E-state index contributed by atoms with van der Waals surface area (Å²) in [7, 11) is 2.21. The van der Waals surface area contributed by atoms with Crippen LogP contribution in [0.15, 0.2) is 54.7 Å². The number of esters is 1. The molecule has 1 fully saturated rings. The molecule has 0 bridgehead atoms. The molecule has 3 aliphatic carbocycles. The average Bonchev–Trinajstić information content (AvgIpc) is 3.48. The molecule has 1 heterocycles. The molecule has 3 aromatic rings. The van der Waals surface area contributed by atoms with Gasteiger partial charge in [0.05, 0.1) is 34.9 Å². The van der Waals surface area contributed by atoms with Crippen LogP contribution in [0.3, 0.4) is 0 Å². The maximum absolute atomic E-state index is 14.5. The van der Waals surface area contributed by atoms with Crippen molar-refractivity contribution in [2.24, 2.45) is 11.8 Å². The summed E-state index contributed by atoms with van der Waals surface area (Å²) in [5, 5.41) is 0.102. The highest BCUT2D eigenvalue weighted by Crippen LogP contribution is 2.59. The third-order valence-electron chi connectivity index (χ3n) is 12.4. The number of aryl methyl sites for hydroxylation is 1. The van der Waals surface area contributed by atoms with Gasteiger partial charge >= 0.3 is 26.2 Å². The highest BCUT2D eigenvalue weighted by Gasteiger charge is 2.60. The van der Waals surface area contributed by atoms with Crippen LogP contribution < -0.4 is 24.0 Å². The zero-order chi connectivity index (χ0) is 42.8. The first-order chi connectivity index (χ1) is 27.9. The Balaban J connectivity index is 1.35. The number of halogens is 4. The van der Waals surface area contributed by atoms with Crippen LogP contribution in [0.1, 0.15) is 87.1 Å². The van der Waals surface area contributed by atoms with Crippen molar-refractivity contribution < 1.29 is 55.6 Å². The van der Waals surface area contributed by atoms with Gasteiger partial charge in [0.1, 0.15) is 24.4 Å². The van der Waals surface area contributed by atoms with E-state index in [-0.39, 0.29) is 60.6 Å². The number of quaternary nitrogens is 1. The molecule has 0 aliphatic heterocycles. The predicted octanol–water partition coefficient (Wildman–Crippen LogP) is 7.00. The quantitative estimate of drug-likeness (QED) is 0.127. The third kappa shape index (κ3) is 9.53. The van der Waals surface area contributed by atoms with Crippen LogP contribution in [-0.4, -0.2) is 76.6 Å². The van der Waals surface area contributed by atoms with Crippen molar-refractivity contribution >= 4 is 37.3 Å². The summed E-state index contributed by atoms with van der Waals surface area (Å²) in [5.41, 5.74) is 1.27. The monoisotopic (exact) mass is 864 g/mol. The van der Waals surface area contributed by atoms with Crippen molar-refractivity contribution in [3.8, 4) is 11.5 Å². The molecule has 1 unspecified atom stereocenters. The van der Waals surface area contributed by atoms with E-state index in [4.69, 9.17) is 34.6 Å². The number of aromatic nitrogens is 1. The number of likely N-dealkylation sites (N-methyl/N-ethyl adjacent to an activating group) is 1. The van der Waals surface area contributed by atoms with Crippen LogP contribution in [0, 0.1) is 11.8 Å². The molecule has 1 amide bonds. The van der Waals surface area contributed by atoms with Gasteiger partial charge in [-0.15, -0.1) is 0 Å². The molecule has 0 radical (unpaired) electrons. The number of rotatable bonds is 15. The van der Waals surface area contributed by atoms with E-state index >= 15 is 0 Å². The topological polar surface area (TPSA) is 124 Å². The molecule has 11 nitrogen and oxygen atoms in total. The molecule has 1 aromatic heterocycles. The number of carbonyl (C=O) groups is 2. The fourth-order valence-electron chi connectivity index (χ4n) is 9.50. The molecule has 1 saturated carbocycles. The highest BCUT2D eigenvalue weighted by molar-refractivity contribution is 7.54. The van der Waals surface area contributed by atoms with Crippen LogP contribution in [0.25, 0.3) is 0 Å². The van der Waals surface area contributed by atoms with Gasteiger partial charge in [-0.3, -0.25) is 19.2 Å². The Morgan fingerprint density at radius 2 is 1.85 bits per heavy atom. The fraction of sp³-hybridized carbons (Fsp3) is 0.558. The molecular formula is C43H55ClF3N3O8P+. The summed E-state index contributed by atoms with van der Waals surface area (Å²) in [4.78, 5) is 47.2. The number of nitrogens with zero attached hydrogens (tertiary/aromatic N) is 2. The van der Waals surface area contributed by atoms with E-state index in [1.165, 1.54) is 31.4 Å². The molecular weight excluding hydrogens is 810 g/mol. The van der Waals surface area contributed by atoms with Crippen LogP contribution in [0.2, 0.25) is 5.02 Å². The van der Waals surface area contributed by atoms with E-state index in [1.807, 2.05) is 32.3 Å². The molecule has 3 aliphatic rings. The van der Waals surface area contributed by atoms with Crippen LogP contribution in [-0.2, 0) is 41.6 Å². The third-order valence-corrected chi connectivity index (χ3v) is 14.0. The van der Waals surface area contributed by atoms with Gasteiger partial charge in [-0.05, 0) is 128 Å². The number of anilines is 1. The van der Waals surface area contributed by atoms with Crippen LogP contribution in [0.5, 0.6) is 11.5 Å². The summed E-state index contributed by atoms with van der Waals surface area (Å²) in [5.74, 6) is -1.71. The largest absolute Gasteiger partial charge is 0.598 e. The van der Waals surface area contributed by atoms with E-state index in [1.54, 1.807) is 12.3 Å². The fourth-order valence-corrected chi connectivity index (χ4v) is 10.6. The Kier molecular flexibility index (Phi) is 13.9. The van der Waals surface area contributed by atoms with Gasteiger partial charge < -0.3 is 19.3 Å². The number of ether oxygens (including phenoxy) is 2. The van der Waals surface area contributed by atoms with Gasteiger partial charge in [-0.25, -0.2) is 4.79 Å². The van der Waals surface area contributed by atoms with Gasteiger partial charge in [0, 0.05) is 28.2 Å². The summed E-state index contributed by atoms with van der Waals surface area (Å²) in [6.07, 6.45) is 1.03. The van der Waals surface area contributed by atoms with Crippen molar-refractivity contribution in [1.82, 2.24) is 4.98 Å². The summed E-state index contributed by atoms with van der Waals surface area (Å²) >= 11 is 6.25. The highest BCUT2D eigenvalue weighted by atomic mass is 35.5. The number of pyridine rings is 1. The maximum Gasteiger partial charge on any atom is 0.471 e. The predicted molar refractivity (Wildman–Crippen MR) is 217 cm³/mol. The lowest BCUT2D eigenvalue weighted by atomic mass is 9.59. The van der Waals surface area contributed by atoms with E-state index in [9.17, 15) is 27.7 Å². The standard InChI is InChI=1S/C43H54ClF3N3O8P/c1-28(27-56-37-15-20-48-36-12-7-9-29(2)38(36)37)23-31-24-30-13-14-34(58-59(53,55-6)57-22-21-49(3)4)26-35(30)41(31)16-18-42(19-17-41,40(52)54-5)50(39(51)43(45,46)47)33-11-8-10-32(44)25-33/h8,10-11,13-15,20,25-26,28-29,31H,7,9,12,16-19,21-24,27H2,1-6H3/p+1/t28-,29-,31+,41?,42?,59?/m1/s1. The molecule has 16 heteroatoms. The SMILES string of the molecule is COC(=O)C1(N(C(=O)C(F)(F)F)c2cccc(Cl)c2)CCC2(CC1)c1cc(O[P+]([O-])(OC)OCC[NH+](C)C)ccc1C[C@@H]2C[C@@H](C)COc1ccnc2c1[C@H](C)CCC2. The molecule has 1 N–H and O–H groups in total. The smallest absolute Gasteiger partial charge is 0.471 e. The number of alkyl halides is 3. The van der Waals surface area contributed by atoms with Gasteiger partial charge in [0.2, 0.25) is 0 Å². The number of phosphoric ester groups is 1. The first kappa shape index (κ1) is 45.0. The number of fused-ring (bicyclic) bond motifs is 3. The number of carbonyl (C=O) groups excluding carboxylic acids is 2. The number of hydrogen-bond acceptors (Lipinski definition) is 9. The number of nitrogens with one attached hydrogen (secondary N) is 1. The molecule has 1 spiro atoms. The van der Waals surface area contributed by atoms with Crippen molar-refractivity contribution in [1.29, 1.82) is 0 Å². The minimum Gasteiger partial charge on any atom is -0.598 e. The zero-order valence-corrected chi connectivity index (χ0v) is 36.2. The summed E-state index contributed by atoms with van der Waals surface area (Å²) in [6, 6.07) is 12.9. The van der Waals surface area contributed by atoms with Gasteiger partial charge in [-0.1, -0.05) is 37.6 Å². The molecule has 59 heavy (non-hydrogen) atoms. The van der Waals surface area contributed by atoms with Crippen LogP contribution >= 0.6 is 19.8 Å². The lowest BCUT2D eigenvalue weighted by Crippen LogP contribution is -3.06. The van der Waals surface area contributed by atoms with Crippen molar-refractivity contribution in [3.63, 3.8) is 0 Å². The Hall–Kier alpha value is -3.52. The number of hydrogen-bond donors (Lipinski definition) is 1. The molecule has 0 saturated heterocycles. The first-order valence-corrected chi connectivity index (χ1v) is 22.1. The van der Waals surface area contributed by atoms with Crippen molar-refractivity contribution in [3.05, 3.63) is 82.1 Å². The maximum atomic E-state index is 14.5. The molecule has 6 rings (SSSR count). The van der Waals surface area contributed by atoms with E-state index in [0.29, 0.717) is 36.8 Å².